The zero-order chi connectivity index (χ0) is 18.3. The van der Waals surface area contributed by atoms with Crippen LogP contribution >= 0.6 is 0 Å². The van der Waals surface area contributed by atoms with E-state index in [2.05, 4.69) is 0 Å². The Bertz CT molecular complexity index is 746. The molecular formula is C18H24O6S. The minimum absolute atomic E-state index is 0.0216. The number of sulfone groups is 1. The van der Waals surface area contributed by atoms with Gasteiger partial charge in [0.15, 0.2) is 9.84 Å². The third-order valence-electron chi connectivity index (χ3n) is 5.34. The maximum absolute atomic E-state index is 12.7. The summed E-state index contributed by atoms with van der Waals surface area (Å²) in [4.78, 5) is 22.7. The van der Waals surface area contributed by atoms with Crippen molar-refractivity contribution in [3.8, 4) is 0 Å². The van der Waals surface area contributed by atoms with E-state index in [0.717, 1.165) is 0 Å². The molecule has 0 N–H and O–H groups in total. The molecule has 1 saturated heterocycles. The van der Waals surface area contributed by atoms with Crippen molar-refractivity contribution in [2.24, 2.45) is 5.92 Å². The topological polar surface area (TPSA) is 78.9 Å². The van der Waals surface area contributed by atoms with Crippen LogP contribution in [0.2, 0.25) is 0 Å². The van der Waals surface area contributed by atoms with Crippen molar-refractivity contribution < 1.29 is 27.7 Å². The molecule has 0 unspecified atom stereocenters. The van der Waals surface area contributed by atoms with Crippen LogP contribution in [0.15, 0.2) is 35.2 Å². The van der Waals surface area contributed by atoms with Gasteiger partial charge < -0.3 is 4.74 Å². The maximum atomic E-state index is 12.7. The van der Waals surface area contributed by atoms with Crippen LogP contribution in [0, 0.1) is 5.92 Å². The molecule has 1 aliphatic carbocycles. The van der Waals surface area contributed by atoms with Gasteiger partial charge >= 0.3 is 5.97 Å². The van der Waals surface area contributed by atoms with Gasteiger partial charge in [-0.25, -0.2) is 18.2 Å². The van der Waals surface area contributed by atoms with Gasteiger partial charge in [0.1, 0.15) is 17.3 Å². The van der Waals surface area contributed by atoms with Crippen LogP contribution < -0.4 is 0 Å². The average molecular weight is 368 g/mol. The first kappa shape index (κ1) is 18.4. The molecule has 138 valence electrons. The predicted molar refractivity (Wildman–Crippen MR) is 90.4 cm³/mol. The SMILES string of the molecule is CC(=O)O[C@]1(C)CC[C@H]2C[C@@H]1OO[C@@]2(C)CS(=O)(=O)c1ccccc1. The highest BCUT2D eigenvalue weighted by Crippen LogP contribution is 2.47. The first-order valence-corrected chi connectivity index (χ1v) is 10.1. The van der Waals surface area contributed by atoms with Crippen LogP contribution in [0.4, 0.5) is 0 Å². The molecule has 1 heterocycles. The molecule has 4 atom stereocenters. The van der Waals surface area contributed by atoms with Crippen LogP contribution in [0.3, 0.4) is 0 Å². The van der Waals surface area contributed by atoms with E-state index in [4.69, 9.17) is 14.5 Å². The van der Waals surface area contributed by atoms with Gasteiger partial charge in [0.2, 0.25) is 0 Å². The van der Waals surface area contributed by atoms with Crippen molar-refractivity contribution in [2.45, 2.75) is 62.2 Å². The van der Waals surface area contributed by atoms with Gasteiger partial charge in [-0.1, -0.05) is 18.2 Å². The zero-order valence-corrected chi connectivity index (χ0v) is 15.5. The fourth-order valence-corrected chi connectivity index (χ4v) is 5.63. The van der Waals surface area contributed by atoms with Crippen molar-refractivity contribution in [3.05, 3.63) is 30.3 Å². The molecule has 6 nitrogen and oxygen atoms in total. The fraction of sp³-hybridized carbons (Fsp3) is 0.611. The molecule has 2 bridgehead atoms. The number of ether oxygens (including phenoxy) is 1. The summed E-state index contributed by atoms with van der Waals surface area (Å²) < 4.78 is 30.9. The Morgan fingerprint density at radius 2 is 1.96 bits per heavy atom. The lowest BCUT2D eigenvalue weighted by Gasteiger charge is -2.51. The highest BCUT2D eigenvalue weighted by atomic mass is 32.2. The number of fused-ring (bicyclic) bond motifs is 2. The van der Waals surface area contributed by atoms with Crippen molar-refractivity contribution in [1.29, 1.82) is 0 Å². The van der Waals surface area contributed by atoms with Gasteiger partial charge in [0, 0.05) is 6.92 Å². The first-order chi connectivity index (χ1) is 11.6. The Morgan fingerprint density at radius 1 is 1.28 bits per heavy atom. The summed E-state index contributed by atoms with van der Waals surface area (Å²) in [5, 5.41) is 0. The summed E-state index contributed by atoms with van der Waals surface area (Å²) in [7, 11) is -3.49. The molecule has 1 saturated carbocycles. The number of benzene rings is 1. The molecule has 2 aliphatic rings. The molecule has 25 heavy (non-hydrogen) atoms. The molecule has 2 fully saturated rings. The molecule has 1 aliphatic heterocycles. The third kappa shape index (κ3) is 3.59. The lowest BCUT2D eigenvalue weighted by molar-refractivity contribution is -0.441. The van der Waals surface area contributed by atoms with E-state index >= 15 is 0 Å². The Kier molecular flexibility index (Phi) is 4.68. The van der Waals surface area contributed by atoms with Crippen LogP contribution in [0.1, 0.15) is 40.0 Å². The quantitative estimate of drug-likeness (QED) is 0.600. The Labute approximate surface area is 148 Å². The molecule has 1 aromatic rings. The summed E-state index contributed by atoms with van der Waals surface area (Å²) in [6.07, 6.45) is 1.55. The fourth-order valence-electron chi connectivity index (χ4n) is 3.85. The summed E-state index contributed by atoms with van der Waals surface area (Å²) in [5.41, 5.74) is -1.66. The number of carbonyl (C=O) groups is 1. The van der Waals surface area contributed by atoms with Crippen LogP contribution in [0.5, 0.6) is 0 Å². The zero-order valence-electron chi connectivity index (χ0n) is 14.7. The summed E-state index contributed by atoms with van der Waals surface area (Å²) >= 11 is 0. The average Bonchev–Trinajstić information content (AvgIpc) is 2.53. The second kappa shape index (κ2) is 6.37. The molecule has 0 radical (unpaired) electrons. The van der Waals surface area contributed by atoms with Crippen molar-refractivity contribution in [2.75, 3.05) is 5.75 Å². The standard InChI is InChI=1S/C18H24O6S/c1-13(19)22-17(2)10-9-14-11-16(17)23-24-18(14,3)12-25(20,21)15-7-5-4-6-8-15/h4-8,14,16H,9-12H2,1-3H3/t14-,16-,17+,18-/m0/s1. The molecule has 3 rings (SSSR count). The second-order valence-electron chi connectivity index (χ2n) is 7.43. The van der Waals surface area contributed by atoms with Gasteiger partial charge in [-0.15, -0.1) is 0 Å². The predicted octanol–water partition coefficient (Wildman–Crippen LogP) is 2.67. The van der Waals surface area contributed by atoms with E-state index in [1.807, 2.05) is 6.92 Å². The molecule has 0 aromatic heterocycles. The number of carbonyl (C=O) groups excluding carboxylic acids is 1. The molecule has 0 amide bonds. The number of rotatable bonds is 4. The Hall–Kier alpha value is -1.44. The van der Waals surface area contributed by atoms with E-state index < -0.39 is 21.0 Å². The van der Waals surface area contributed by atoms with Crippen LogP contribution in [-0.4, -0.2) is 37.4 Å². The Balaban J connectivity index is 1.77. The highest BCUT2D eigenvalue weighted by Gasteiger charge is 2.55. The smallest absolute Gasteiger partial charge is 0.303 e. The summed E-state index contributed by atoms with van der Waals surface area (Å²) in [5.74, 6) is -0.482. The highest BCUT2D eigenvalue weighted by molar-refractivity contribution is 7.91. The number of esters is 1. The van der Waals surface area contributed by atoms with E-state index in [0.29, 0.717) is 19.3 Å². The normalized spacial score (nSPS) is 35.2. The van der Waals surface area contributed by atoms with E-state index in [1.165, 1.54) is 6.92 Å². The van der Waals surface area contributed by atoms with Gasteiger partial charge in [0.25, 0.3) is 0 Å². The summed E-state index contributed by atoms with van der Waals surface area (Å²) in [6.45, 7) is 4.99. The van der Waals surface area contributed by atoms with Crippen molar-refractivity contribution in [1.82, 2.24) is 0 Å². The molecule has 7 heteroatoms. The van der Waals surface area contributed by atoms with Crippen LogP contribution in [-0.2, 0) is 29.1 Å². The number of hydrogen-bond donors (Lipinski definition) is 0. The lowest BCUT2D eigenvalue weighted by Crippen LogP contribution is -2.59. The van der Waals surface area contributed by atoms with Gasteiger partial charge in [-0.3, -0.25) is 4.79 Å². The Morgan fingerprint density at radius 3 is 2.60 bits per heavy atom. The van der Waals surface area contributed by atoms with Crippen molar-refractivity contribution >= 4 is 15.8 Å². The van der Waals surface area contributed by atoms with E-state index in [-0.39, 0.29) is 28.6 Å². The maximum Gasteiger partial charge on any atom is 0.303 e. The van der Waals surface area contributed by atoms with Crippen molar-refractivity contribution in [3.63, 3.8) is 0 Å². The van der Waals surface area contributed by atoms with E-state index in [9.17, 15) is 13.2 Å². The first-order valence-electron chi connectivity index (χ1n) is 8.46. The minimum atomic E-state index is -3.49. The van der Waals surface area contributed by atoms with Crippen LogP contribution in [0.25, 0.3) is 0 Å². The number of hydrogen-bond acceptors (Lipinski definition) is 6. The minimum Gasteiger partial charge on any atom is -0.457 e. The van der Waals surface area contributed by atoms with Gasteiger partial charge in [-0.05, 0) is 51.2 Å². The third-order valence-corrected chi connectivity index (χ3v) is 7.29. The van der Waals surface area contributed by atoms with E-state index in [1.54, 1.807) is 37.3 Å². The lowest BCUT2D eigenvalue weighted by atomic mass is 9.71. The molecule has 1 aromatic carbocycles. The molecule has 0 spiro atoms. The summed E-state index contributed by atoms with van der Waals surface area (Å²) in [6, 6.07) is 8.36. The van der Waals surface area contributed by atoms with Gasteiger partial charge in [0.05, 0.1) is 10.6 Å². The second-order valence-corrected chi connectivity index (χ2v) is 9.42. The van der Waals surface area contributed by atoms with Gasteiger partial charge in [-0.2, -0.15) is 0 Å². The molecular weight excluding hydrogens is 344 g/mol. The monoisotopic (exact) mass is 368 g/mol. The largest absolute Gasteiger partial charge is 0.457 e.